The molecule has 0 spiro atoms. The Morgan fingerprint density at radius 1 is 0.862 bits per heavy atom. The Morgan fingerprint density at radius 3 is 1.83 bits per heavy atom. The normalized spacial score (nSPS) is 11.2. The number of rotatable bonds is 10. The summed E-state index contributed by atoms with van der Waals surface area (Å²) in [5.74, 6) is -0.987. The molecular weight excluding hydrogens is 376 g/mol. The van der Waals surface area contributed by atoms with Crippen LogP contribution in [-0.4, -0.2) is 49.7 Å². The number of carbonyl (C=O) groups excluding carboxylic acids is 2. The molecule has 0 aliphatic carbocycles. The first kappa shape index (κ1) is 21.7. The minimum Gasteiger partial charge on any atom is -0.496 e. The lowest BCUT2D eigenvalue weighted by atomic mass is 10.1. The summed E-state index contributed by atoms with van der Waals surface area (Å²) in [6.45, 7) is -0.235. The Kier molecular flexibility index (Phi) is 8.02. The first-order valence-corrected chi connectivity index (χ1v) is 8.97. The molecule has 8 heteroatoms. The number of methoxy groups -OCH3 is 2. The second-order valence-electron chi connectivity index (χ2n) is 6.24. The van der Waals surface area contributed by atoms with Gasteiger partial charge in [-0.05, 0) is 12.1 Å². The van der Waals surface area contributed by atoms with Gasteiger partial charge in [-0.3, -0.25) is 9.59 Å². The number of carboxylic acid groups (broad SMARTS) is 1. The van der Waals surface area contributed by atoms with Crippen LogP contribution in [-0.2, 0) is 27.2 Å². The van der Waals surface area contributed by atoms with Crippen molar-refractivity contribution >= 4 is 17.8 Å². The zero-order valence-electron chi connectivity index (χ0n) is 16.3. The van der Waals surface area contributed by atoms with Gasteiger partial charge in [0.15, 0.2) is 0 Å². The number of para-hydroxylation sites is 2. The van der Waals surface area contributed by atoms with Gasteiger partial charge in [0.25, 0.3) is 0 Å². The van der Waals surface area contributed by atoms with Crippen molar-refractivity contribution in [3.8, 4) is 11.5 Å². The third-order valence-electron chi connectivity index (χ3n) is 4.22. The molecule has 0 aliphatic rings. The largest absolute Gasteiger partial charge is 0.496 e. The summed E-state index contributed by atoms with van der Waals surface area (Å²) in [6, 6.07) is 12.8. The number of hydrogen-bond acceptors (Lipinski definition) is 5. The van der Waals surface area contributed by atoms with Gasteiger partial charge in [0.2, 0.25) is 11.8 Å². The van der Waals surface area contributed by atoms with E-state index in [1.807, 2.05) is 0 Å². The minimum absolute atomic E-state index is 0.0332. The monoisotopic (exact) mass is 400 g/mol. The van der Waals surface area contributed by atoms with Gasteiger partial charge < -0.3 is 25.2 Å². The van der Waals surface area contributed by atoms with Gasteiger partial charge >= 0.3 is 5.97 Å². The van der Waals surface area contributed by atoms with E-state index in [4.69, 9.17) is 9.47 Å². The number of nitrogens with one attached hydrogen (secondary N) is 2. The van der Waals surface area contributed by atoms with Crippen LogP contribution in [0, 0.1) is 0 Å². The molecular formula is C21H24N2O6. The molecule has 154 valence electrons. The third-order valence-corrected chi connectivity index (χ3v) is 4.22. The second kappa shape index (κ2) is 10.7. The first-order chi connectivity index (χ1) is 13.9. The average molecular weight is 400 g/mol. The minimum atomic E-state index is -1.25. The molecule has 0 unspecified atom stereocenters. The van der Waals surface area contributed by atoms with E-state index in [0.29, 0.717) is 22.6 Å². The highest BCUT2D eigenvalue weighted by Gasteiger charge is 2.21. The molecule has 0 saturated carbocycles. The van der Waals surface area contributed by atoms with Gasteiger partial charge in [0.1, 0.15) is 17.5 Å². The van der Waals surface area contributed by atoms with Crippen LogP contribution >= 0.6 is 0 Å². The highest BCUT2D eigenvalue weighted by atomic mass is 16.5. The van der Waals surface area contributed by atoms with E-state index in [2.05, 4.69) is 10.6 Å². The SMILES string of the molecule is COc1ccccc1CC(=O)NC[C@H](NC(=O)Cc1ccccc1OC)C(=O)O. The molecule has 2 rings (SSSR count). The van der Waals surface area contributed by atoms with Crippen LogP contribution in [0.1, 0.15) is 11.1 Å². The lowest BCUT2D eigenvalue weighted by Gasteiger charge is -2.16. The predicted octanol–water partition coefficient (Wildman–Crippen LogP) is 1.17. The van der Waals surface area contributed by atoms with Crippen LogP contribution in [0.15, 0.2) is 48.5 Å². The molecule has 0 aromatic heterocycles. The highest BCUT2D eigenvalue weighted by molar-refractivity contribution is 5.86. The van der Waals surface area contributed by atoms with Crippen LogP contribution in [0.4, 0.5) is 0 Å². The van der Waals surface area contributed by atoms with Crippen molar-refractivity contribution in [2.75, 3.05) is 20.8 Å². The maximum Gasteiger partial charge on any atom is 0.328 e. The molecule has 2 aromatic rings. The van der Waals surface area contributed by atoms with Gasteiger partial charge in [0.05, 0.1) is 27.1 Å². The topological polar surface area (TPSA) is 114 Å². The summed E-state index contributed by atoms with van der Waals surface area (Å²) in [5, 5.41) is 14.3. The summed E-state index contributed by atoms with van der Waals surface area (Å²) >= 11 is 0. The first-order valence-electron chi connectivity index (χ1n) is 8.97. The molecule has 0 radical (unpaired) electrons. The maximum atomic E-state index is 12.3. The Hall–Kier alpha value is -3.55. The quantitative estimate of drug-likeness (QED) is 0.552. The average Bonchev–Trinajstić information content (AvgIpc) is 2.71. The number of ether oxygens (including phenoxy) is 2. The molecule has 0 fully saturated rings. The smallest absolute Gasteiger partial charge is 0.328 e. The molecule has 0 heterocycles. The molecule has 2 aromatic carbocycles. The van der Waals surface area contributed by atoms with Crippen LogP contribution in [0.5, 0.6) is 11.5 Å². The summed E-state index contributed by atoms with van der Waals surface area (Å²) in [6.07, 6.45) is -0.00549. The van der Waals surface area contributed by atoms with E-state index in [0.717, 1.165) is 0 Å². The Morgan fingerprint density at radius 2 is 1.34 bits per heavy atom. The summed E-state index contributed by atoms with van der Waals surface area (Å²) < 4.78 is 10.4. The van der Waals surface area contributed by atoms with Crippen LogP contribution in [0.3, 0.4) is 0 Å². The molecule has 29 heavy (non-hydrogen) atoms. The third kappa shape index (κ3) is 6.53. The van der Waals surface area contributed by atoms with E-state index < -0.39 is 17.9 Å². The number of hydrogen-bond donors (Lipinski definition) is 3. The van der Waals surface area contributed by atoms with E-state index >= 15 is 0 Å². The lowest BCUT2D eigenvalue weighted by Crippen LogP contribution is -2.49. The van der Waals surface area contributed by atoms with Crippen molar-refractivity contribution in [2.45, 2.75) is 18.9 Å². The number of amides is 2. The van der Waals surface area contributed by atoms with Crippen molar-refractivity contribution in [3.05, 3.63) is 59.7 Å². The number of carboxylic acids is 1. The zero-order chi connectivity index (χ0) is 21.2. The Bertz CT molecular complexity index is 868. The molecule has 0 aliphatic heterocycles. The van der Waals surface area contributed by atoms with Gasteiger partial charge in [0, 0.05) is 17.7 Å². The highest BCUT2D eigenvalue weighted by Crippen LogP contribution is 2.18. The maximum absolute atomic E-state index is 12.3. The molecule has 1 atom stereocenters. The van der Waals surface area contributed by atoms with Gasteiger partial charge in [-0.2, -0.15) is 0 Å². The molecule has 8 nitrogen and oxygen atoms in total. The molecule has 0 saturated heterocycles. The van der Waals surface area contributed by atoms with E-state index in [1.165, 1.54) is 14.2 Å². The van der Waals surface area contributed by atoms with E-state index in [-0.39, 0.29) is 25.3 Å². The molecule has 0 bridgehead atoms. The van der Waals surface area contributed by atoms with Crippen molar-refractivity contribution in [1.82, 2.24) is 10.6 Å². The van der Waals surface area contributed by atoms with Crippen LogP contribution < -0.4 is 20.1 Å². The van der Waals surface area contributed by atoms with Gasteiger partial charge in [-0.1, -0.05) is 36.4 Å². The summed E-state index contributed by atoms with van der Waals surface area (Å²) in [4.78, 5) is 35.9. The lowest BCUT2D eigenvalue weighted by molar-refractivity contribution is -0.141. The summed E-state index contributed by atoms with van der Waals surface area (Å²) in [7, 11) is 3.00. The Labute approximate surface area is 168 Å². The van der Waals surface area contributed by atoms with Crippen LogP contribution in [0.2, 0.25) is 0 Å². The standard InChI is InChI=1S/C21H24N2O6/c1-28-17-9-5-3-7-14(17)11-19(24)22-13-16(21(26)27)23-20(25)12-15-8-4-6-10-18(15)29-2/h3-10,16H,11-13H2,1-2H3,(H,22,24)(H,23,25)(H,26,27)/t16-/m0/s1. The van der Waals surface area contributed by atoms with Crippen molar-refractivity contribution in [2.24, 2.45) is 0 Å². The second-order valence-corrected chi connectivity index (χ2v) is 6.24. The van der Waals surface area contributed by atoms with E-state index in [1.54, 1.807) is 48.5 Å². The van der Waals surface area contributed by atoms with Crippen LogP contribution in [0.25, 0.3) is 0 Å². The fourth-order valence-corrected chi connectivity index (χ4v) is 2.77. The van der Waals surface area contributed by atoms with Crippen molar-refractivity contribution < 1.29 is 29.0 Å². The number of benzene rings is 2. The Balaban J connectivity index is 1.91. The van der Waals surface area contributed by atoms with E-state index in [9.17, 15) is 19.5 Å². The van der Waals surface area contributed by atoms with Crippen molar-refractivity contribution in [3.63, 3.8) is 0 Å². The van der Waals surface area contributed by atoms with Gasteiger partial charge in [-0.25, -0.2) is 4.79 Å². The molecule has 3 N–H and O–H groups in total. The predicted molar refractivity (Wildman–Crippen MR) is 106 cm³/mol. The molecule has 2 amide bonds. The summed E-state index contributed by atoms with van der Waals surface area (Å²) in [5.41, 5.74) is 1.32. The fourth-order valence-electron chi connectivity index (χ4n) is 2.77. The number of carbonyl (C=O) groups is 3. The van der Waals surface area contributed by atoms with Gasteiger partial charge in [-0.15, -0.1) is 0 Å². The van der Waals surface area contributed by atoms with Crippen molar-refractivity contribution in [1.29, 1.82) is 0 Å². The zero-order valence-corrected chi connectivity index (χ0v) is 16.3. The number of aliphatic carboxylic acids is 1. The fraction of sp³-hybridized carbons (Fsp3) is 0.286.